The first-order valence-electron chi connectivity index (χ1n) is 3.55. The number of methoxy groups -OCH3 is 1. The average molecular weight is 208 g/mol. The van der Waals surface area contributed by atoms with Gasteiger partial charge in [-0.15, -0.1) is 0 Å². The Morgan fingerprint density at radius 2 is 2.15 bits per heavy atom. The summed E-state index contributed by atoms with van der Waals surface area (Å²) < 4.78 is 29.5. The first-order chi connectivity index (χ1) is 6.06. The first-order valence-corrected chi connectivity index (χ1v) is 3.93. The summed E-state index contributed by atoms with van der Waals surface area (Å²) in [7, 11) is 1.28. The Hall–Kier alpha value is -0.900. The van der Waals surface area contributed by atoms with Gasteiger partial charge in [0.2, 0.25) is 5.88 Å². The van der Waals surface area contributed by atoms with Crippen LogP contribution in [0.3, 0.4) is 0 Å². The molecule has 0 bridgehead atoms. The molecule has 1 aromatic rings. The first kappa shape index (κ1) is 10.2. The van der Waals surface area contributed by atoms with Gasteiger partial charge in [0.15, 0.2) is 0 Å². The van der Waals surface area contributed by atoms with Crippen molar-refractivity contribution in [2.75, 3.05) is 7.11 Å². The van der Waals surface area contributed by atoms with Crippen molar-refractivity contribution in [1.82, 2.24) is 4.98 Å². The number of nitrogens with zero attached hydrogens (tertiary/aromatic N) is 1. The Kier molecular flexibility index (Phi) is 3.03. The molecule has 72 valence electrons. The van der Waals surface area contributed by atoms with Gasteiger partial charge in [-0.1, -0.05) is 11.6 Å². The van der Waals surface area contributed by atoms with Crippen LogP contribution in [0.2, 0.25) is 5.02 Å². The molecular formula is C8H8ClF2NO. The molecule has 0 saturated heterocycles. The van der Waals surface area contributed by atoms with Gasteiger partial charge in [-0.25, -0.2) is 13.8 Å². The van der Waals surface area contributed by atoms with Gasteiger partial charge in [0.25, 0.3) is 6.43 Å². The van der Waals surface area contributed by atoms with Crippen LogP contribution in [0.25, 0.3) is 0 Å². The SMILES string of the molecule is COc1nc(C)cc(Cl)c1C(F)F. The quantitative estimate of drug-likeness (QED) is 0.744. The van der Waals surface area contributed by atoms with Gasteiger partial charge in [-0.3, -0.25) is 0 Å². The predicted molar refractivity (Wildman–Crippen MR) is 45.5 cm³/mol. The third-order valence-corrected chi connectivity index (χ3v) is 1.83. The van der Waals surface area contributed by atoms with E-state index >= 15 is 0 Å². The summed E-state index contributed by atoms with van der Waals surface area (Å²) in [6.07, 6.45) is -2.67. The zero-order valence-corrected chi connectivity index (χ0v) is 7.90. The Bertz CT molecular complexity index is 317. The van der Waals surface area contributed by atoms with E-state index in [0.29, 0.717) is 5.69 Å². The molecular weight excluding hydrogens is 200 g/mol. The van der Waals surface area contributed by atoms with Crippen LogP contribution in [0.1, 0.15) is 17.7 Å². The van der Waals surface area contributed by atoms with E-state index in [9.17, 15) is 8.78 Å². The van der Waals surface area contributed by atoms with Crippen molar-refractivity contribution in [2.45, 2.75) is 13.3 Å². The summed E-state index contributed by atoms with van der Waals surface area (Å²) in [6, 6.07) is 1.38. The minimum Gasteiger partial charge on any atom is -0.481 e. The van der Waals surface area contributed by atoms with Crippen molar-refractivity contribution in [3.05, 3.63) is 22.3 Å². The molecule has 0 spiro atoms. The number of halogens is 3. The molecule has 1 aromatic heterocycles. The molecule has 13 heavy (non-hydrogen) atoms. The van der Waals surface area contributed by atoms with Crippen molar-refractivity contribution >= 4 is 11.6 Å². The van der Waals surface area contributed by atoms with Crippen molar-refractivity contribution in [3.63, 3.8) is 0 Å². The van der Waals surface area contributed by atoms with Gasteiger partial charge >= 0.3 is 0 Å². The fraction of sp³-hybridized carbons (Fsp3) is 0.375. The van der Waals surface area contributed by atoms with Crippen LogP contribution in [-0.2, 0) is 0 Å². The maximum Gasteiger partial charge on any atom is 0.270 e. The number of hydrogen-bond donors (Lipinski definition) is 0. The lowest BCUT2D eigenvalue weighted by molar-refractivity contribution is 0.146. The van der Waals surface area contributed by atoms with Crippen LogP contribution in [0.15, 0.2) is 6.07 Å². The molecule has 0 saturated carbocycles. The highest BCUT2D eigenvalue weighted by molar-refractivity contribution is 6.31. The number of aryl methyl sites for hydroxylation is 1. The number of ether oxygens (including phenoxy) is 1. The smallest absolute Gasteiger partial charge is 0.270 e. The zero-order chi connectivity index (χ0) is 10.0. The van der Waals surface area contributed by atoms with Crippen LogP contribution < -0.4 is 4.74 Å². The van der Waals surface area contributed by atoms with Gasteiger partial charge in [0, 0.05) is 5.69 Å². The lowest BCUT2D eigenvalue weighted by atomic mass is 10.2. The second kappa shape index (κ2) is 3.87. The Balaban J connectivity index is 3.30. The van der Waals surface area contributed by atoms with Crippen molar-refractivity contribution in [3.8, 4) is 5.88 Å². The molecule has 1 rings (SSSR count). The van der Waals surface area contributed by atoms with E-state index in [4.69, 9.17) is 16.3 Å². The normalized spacial score (nSPS) is 10.6. The molecule has 0 aromatic carbocycles. The van der Waals surface area contributed by atoms with E-state index < -0.39 is 6.43 Å². The molecule has 0 N–H and O–H groups in total. The molecule has 0 aliphatic rings. The second-order valence-corrected chi connectivity index (χ2v) is 2.88. The summed E-state index contributed by atoms with van der Waals surface area (Å²) >= 11 is 5.61. The average Bonchev–Trinajstić information content (AvgIpc) is 2.01. The maximum atomic E-state index is 12.4. The predicted octanol–water partition coefficient (Wildman–Crippen LogP) is 2.99. The Morgan fingerprint density at radius 3 is 2.62 bits per heavy atom. The van der Waals surface area contributed by atoms with Gasteiger partial charge in [0.05, 0.1) is 17.7 Å². The van der Waals surface area contributed by atoms with Crippen molar-refractivity contribution in [2.24, 2.45) is 0 Å². The lowest BCUT2D eigenvalue weighted by Crippen LogP contribution is -1.98. The topological polar surface area (TPSA) is 22.1 Å². The van der Waals surface area contributed by atoms with E-state index in [-0.39, 0.29) is 16.5 Å². The summed E-state index contributed by atoms with van der Waals surface area (Å²) in [6.45, 7) is 1.66. The summed E-state index contributed by atoms with van der Waals surface area (Å²) in [5, 5.41) is -0.0145. The van der Waals surface area contributed by atoms with Crippen LogP contribution in [0.5, 0.6) is 5.88 Å². The molecule has 0 aliphatic carbocycles. The van der Waals surface area contributed by atoms with E-state index in [2.05, 4.69) is 4.98 Å². The molecule has 0 amide bonds. The van der Waals surface area contributed by atoms with Gasteiger partial charge in [-0.2, -0.15) is 0 Å². The zero-order valence-electron chi connectivity index (χ0n) is 7.14. The molecule has 0 radical (unpaired) electrons. The van der Waals surface area contributed by atoms with Crippen LogP contribution in [0.4, 0.5) is 8.78 Å². The molecule has 0 aliphatic heterocycles. The second-order valence-electron chi connectivity index (χ2n) is 2.47. The highest BCUT2D eigenvalue weighted by Crippen LogP contribution is 2.33. The van der Waals surface area contributed by atoms with Crippen molar-refractivity contribution < 1.29 is 13.5 Å². The fourth-order valence-corrected chi connectivity index (χ4v) is 1.29. The minimum absolute atomic E-state index is 0.0145. The summed E-state index contributed by atoms with van der Waals surface area (Å²) in [5.74, 6) is -0.111. The van der Waals surface area contributed by atoms with Crippen molar-refractivity contribution in [1.29, 1.82) is 0 Å². The molecule has 5 heteroatoms. The fourth-order valence-electron chi connectivity index (χ4n) is 0.969. The number of pyridine rings is 1. The molecule has 0 fully saturated rings. The lowest BCUT2D eigenvalue weighted by Gasteiger charge is -2.08. The molecule has 0 atom stereocenters. The third kappa shape index (κ3) is 2.06. The Morgan fingerprint density at radius 1 is 1.54 bits per heavy atom. The number of aromatic nitrogens is 1. The number of rotatable bonds is 2. The van der Waals surface area contributed by atoms with E-state index in [1.165, 1.54) is 13.2 Å². The van der Waals surface area contributed by atoms with E-state index in [1.54, 1.807) is 6.92 Å². The standard InChI is InChI=1S/C8H8ClF2NO/c1-4-3-5(9)6(7(10)11)8(12-4)13-2/h3,7H,1-2H3. The third-order valence-electron chi connectivity index (χ3n) is 1.51. The van der Waals surface area contributed by atoms with Crippen LogP contribution in [0, 0.1) is 6.92 Å². The molecule has 2 nitrogen and oxygen atoms in total. The summed E-state index contributed by atoms with van der Waals surface area (Å²) in [4.78, 5) is 3.79. The summed E-state index contributed by atoms with van der Waals surface area (Å²) in [5.41, 5.74) is 0.195. The van der Waals surface area contributed by atoms with Crippen LogP contribution in [-0.4, -0.2) is 12.1 Å². The monoisotopic (exact) mass is 207 g/mol. The number of hydrogen-bond acceptors (Lipinski definition) is 2. The van der Waals surface area contributed by atoms with Gasteiger partial charge < -0.3 is 4.74 Å². The molecule has 1 heterocycles. The van der Waals surface area contributed by atoms with Gasteiger partial charge in [0.1, 0.15) is 0 Å². The maximum absolute atomic E-state index is 12.4. The van der Waals surface area contributed by atoms with Gasteiger partial charge in [-0.05, 0) is 13.0 Å². The Labute approximate surface area is 79.5 Å². The van der Waals surface area contributed by atoms with E-state index in [0.717, 1.165) is 0 Å². The highest BCUT2D eigenvalue weighted by atomic mass is 35.5. The van der Waals surface area contributed by atoms with Crippen LogP contribution >= 0.6 is 11.6 Å². The molecule has 0 unspecified atom stereocenters. The number of alkyl halides is 2. The van der Waals surface area contributed by atoms with E-state index in [1.807, 2.05) is 0 Å². The largest absolute Gasteiger partial charge is 0.481 e. The minimum atomic E-state index is -2.67. The highest BCUT2D eigenvalue weighted by Gasteiger charge is 2.19.